The molecule has 0 atom stereocenters. The third-order valence-electron chi connectivity index (χ3n) is 4.81. The number of benzene rings is 2. The lowest BCUT2D eigenvalue weighted by molar-refractivity contribution is -0.137. The van der Waals surface area contributed by atoms with E-state index < -0.39 is 11.7 Å². The maximum Gasteiger partial charge on any atom is 0.416 e. The van der Waals surface area contributed by atoms with Crippen LogP contribution in [-0.4, -0.2) is 31.1 Å². The Balaban J connectivity index is 1.58. The molecule has 1 N–H and O–H groups in total. The molecule has 0 amide bonds. The van der Waals surface area contributed by atoms with Gasteiger partial charge in [0.25, 0.3) is 0 Å². The van der Waals surface area contributed by atoms with Crippen LogP contribution in [0.5, 0.6) is 0 Å². The van der Waals surface area contributed by atoms with Gasteiger partial charge in [0.1, 0.15) is 0 Å². The van der Waals surface area contributed by atoms with E-state index in [1.54, 1.807) is 0 Å². The van der Waals surface area contributed by atoms with Gasteiger partial charge < -0.3 is 10.2 Å². The van der Waals surface area contributed by atoms with Gasteiger partial charge in [-0.2, -0.15) is 13.2 Å². The summed E-state index contributed by atoms with van der Waals surface area (Å²) in [6.45, 7) is 3.08. The zero-order chi connectivity index (χ0) is 17.9. The Bertz CT molecular complexity index is 670. The summed E-state index contributed by atoms with van der Waals surface area (Å²) in [5, 5.41) is 3.59. The quantitative estimate of drug-likeness (QED) is 0.872. The highest BCUT2D eigenvalue weighted by Gasteiger charge is 2.29. The summed E-state index contributed by atoms with van der Waals surface area (Å²) in [7, 11) is 2.15. The van der Waals surface area contributed by atoms with E-state index in [-0.39, 0.29) is 0 Å². The molecule has 0 unspecified atom stereocenters. The number of rotatable bonds is 4. The minimum absolute atomic E-state index is 0.561. The fraction of sp³-hybridized carbons (Fsp3) is 0.400. The molecule has 1 aliphatic heterocycles. The van der Waals surface area contributed by atoms with Crippen LogP contribution < -0.4 is 5.32 Å². The number of piperidine rings is 1. The molecule has 5 heteroatoms. The number of alkyl halides is 3. The van der Waals surface area contributed by atoms with E-state index in [9.17, 15) is 13.2 Å². The molecule has 0 saturated carbocycles. The molecule has 3 rings (SSSR count). The second-order valence-corrected chi connectivity index (χ2v) is 6.73. The number of hydrogen-bond acceptors (Lipinski definition) is 2. The monoisotopic (exact) mass is 348 g/mol. The molecule has 1 saturated heterocycles. The zero-order valence-electron chi connectivity index (χ0n) is 14.3. The maximum absolute atomic E-state index is 12.6. The first kappa shape index (κ1) is 18.0. The van der Waals surface area contributed by atoms with Crippen molar-refractivity contribution in [1.82, 2.24) is 10.2 Å². The summed E-state index contributed by atoms with van der Waals surface area (Å²) in [4.78, 5) is 2.34. The minimum Gasteiger partial charge on any atom is -0.310 e. The number of likely N-dealkylation sites (tertiary alicyclic amines) is 1. The van der Waals surface area contributed by atoms with Crippen LogP contribution in [0.2, 0.25) is 0 Å². The summed E-state index contributed by atoms with van der Waals surface area (Å²) < 4.78 is 37.9. The fourth-order valence-electron chi connectivity index (χ4n) is 3.14. The van der Waals surface area contributed by atoms with E-state index in [0.717, 1.165) is 42.9 Å². The average molecular weight is 348 g/mol. The van der Waals surface area contributed by atoms with Gasteiger partial charge in [-0.3, -0.25) is 0 Å². The Labute approximate surface area is 146 Å². The van der Waals surface area contributed by atoms with Crippen LogP contribution in [0.4, 0.5) is 13.2 Å². The third-order valence-corrected chi connectivity index (χ3v) is 4.81. The van der Waals surface area contributed by atoms with Gasteiger partial charge in [0.2, 0.25) is 0 Å². The van der Waals surface area contributed by atoms with Crippen LogP contribution >= 0.6 is 0 Å². The molecule has 1 fully saturated rings. The molecule has 2 aromatic rings. The topological polar surface area (TPSA) is 15.3 Å². The lowest BCUT2D eigenvalue weighted by atomic mass is 10.0. The van der Waals surface area contributed by atoms with Gasteiger partial charge in [-0.05, 0) is 61.8 Å². The first-order valence-electron chi connectivity index (χ1n) is 8.60. The maximum atomic E-state index is 12.6. The largest absolute Gasteiger partial charge is 0.416 e. The van der Waals surface area contributed by atoms with Gasteiger partial charge in [-0.25, -0.2) is 0 Å². The molecule has 2 nitrogen and oxygen atoms in total. The number of nitrogens with one attached hydrogen (secondary N) is 1. The second kappa shape index (κ2) is 7.58. The molecule has 1 aliphatic rings. The van der Waals surface area contributed by atoms with Crippen LogP contribution in [0.25, 0.3) is 11.1 Å². The molecule has 134 valence electrons. The van der Waals surface area contributed by atoms with Crippen molar-refractivity contribution in [3.05, 3.63) is 59.7 Å². The Morgan fingerprint density at radius 3 is 1.96 bits per heavy atom. The summed E-state index contributed by atoms with van der Waals surface area (Å²) >= 11 is 0. The molecule has 1 heterocycles. The Kier molecular flexibility index (Phi) is 5.45. The van der Waals surface area contributed by atoms with Gasteiger partial charge in [-0.1, -0.05) is 36.4 Å². The summed E-state index contributed by atoms with van der Waals surface area (Å²) in [6, 6.07) is 13.9. The highest BCUT2D eigenvalue weighted by molar-refractivity contribution is 5.64. The predicted molar refractivity (Wildman–Crippen MR) is 94.2 cm³/mol. The molecular weight excluding hydrogens is 325 g/mol. The first-order chi connectivity index (χ1) is 11.9. The summed E-state index contributed by atoms with van der Waals surface area (Å²) in [5.41, 5.74) is 2.30. The van der Waals surface area contributed by atoms with Crippen LogP contribution in [0.3, 0.4) is 0 Å². The van der Waals surface area contributed by atoms with Gasteiger partial charge in [-0.15, -0.1) is 0 Å². The lowest BCUT2D eigenvalue weighted by Crippen LogP contribution is -2.40. The number of halogens is 3. The van der Waals surface area contributed by atoms with E-state index in [0.29, 0.717) is 6.04 Å². The van der Waals surface area contributed by atoms with Gasteiger partial charge in [0.15, 0.2) is 0 Å². The standard InChI is InChI=1S/C20H23F3N2/c1-25-12-10-19(11-13-25)24-14-15-2-4-16(5-3-15)17-6-8-18(9-7-17)20(21,22)23/h2-9,19,24H,10-14H2,1H3. The third kappa shape index (κ3) is 4.83. The van der Waals surface area contributed by atoms with E-state index in [1.807, 2.05) is 24.3 Å². The fourth-order valence-corrected chi connectivity index (χ4v) is 3.14. The van der Waals surface area contributed by atoms with E-state index >= 15 is 0 Å². The molecule has 25 heavy (non-hydrogen) atoms. The Morgan fingerprint density at radius 1 is 0.920 bits per heavy atom. The van der Waals surface area contributed by atoms with E-state index in [1.165, 1.54) is 30.5 Å². The first-order valence-corrected chi connectivity index (χ1v) is 8.60. The highest BCUT2D eigenvalue weighted by atomic mass is 19.4. The SMILES string of the molecule is CN1CCC(NCc2ccc(-c3ccc(C(F)(F)F)cc3)cc2)CC1. The van der Waals surface area contributed by atoms with Crippen LogP contribution in [0.1, 0.15) is 24.0 Å². The van der Waals surface area contributed by atoms with Gasteiger partial charge in [0.05, 0.1) is 5.56 Å². The van der Waals surface area contributed by atoms with Crippen LogP contribution in [0, 0.1) is 0 Å². The summed E-state index contributed by atoms with van der Waals surface area (Å²) in [6.07, 6.45) is -1.96. The Morgan fingerprint density at radius 2 is 1.44 bits per heavy atom. The van der Waals surface area contributed by atoms with E-state index in [2.05, 4.69) is 17.3 Å². The minimum atomic E-state index is -4.29. The van der Waals surface area contributed by atoms with Crippen molar-refractivity contribution in [2.45, 2.75) is 31.6 Å². The van der Waals surface area contributed by atoms with Gasteiger partial charge >= 0.3 is 6.18 Å². The van der Waals surface area contributed by atoms with E-state index in [4.69, 9.17) is 0 Å². The molecule has 2 aromatic carbocycles. The van der Waals surface area contributed by atoms with Gasteiger partial charge in [0, 0.05) is 12.6 Å². The van der Waals surface area contributed by atoms with Crippen molar-refractivity contribution in [3.8, 4) is 11.1 Å². The van der Waals surface area contributed by atoms with Crippen molar-refractivity contribution < 1.29 is 13.2 Å². The molecule has 0 spiro atoms. The van der Waals surface area contributed by atoms with Crippen LogP contribution in [0.15, 0.2) is 48.5 Å². The van der Waals surface area contributed by atoms with Crippen molar-refractivity contribution in [1.29, 1.82) is 0 Å². The average Bonchev–Trinajstić information content (AvgIpc) is 2.61. The van der Waals surface area contributed by atoms with Crippen LogP contribution in [-0.2, 0) is 12.7 Å². The lowest BCUT2D eigenvalue weighted by Gasteiger charge is -2.29. The highest BCUT2D eigenvalue weighted by Crippen LogP contribution is 2.31. The van der Waals surface area contributed by atoms with Crippen molar-refractivity contribution in [3.63, 3.8) is 0 Å². The number of hydrogen-bond donors (Lipinski definition) is 1. The molecule has 0 radical (unpaired) electrons. The van der Waals surface area contributed by atoms with Crippen molar-refractivity contribution in [2.75, 3.05) is 20.1 Å². The number of nitrogens with zero attached hydrogens (tertiary/aromatic N) is 1. The summed E-state index contributed by atoms with van der Waals surface area (Å²) in [5.74, 6) is 0. The molecule has 0 aliphatic carbocycles. The predicted octanol–water partition coefficient (Wildman–Crippen LogP) is 4.56. The Hall–Kier alpha value is -1.85. The second-order valence-electron chi connectivity index (χ2n) is 6.73. The molecule has 0 aromatic heterocycles. The smallest absolute Gasteiger partial charge is 0.310 e. The van der Waals surface area contributed by atoms with Crippen molar-refractivity contribution >= 4 is 0 Å². The zero-order valence-corrected chi connectivity index (χ0v) is 14.3. The molecular formula is C20H23F3N2. The van der Waals surface area contributed by atoms with Crippen molar-refractivity contribution in [2.24, 2.45) is 0 Å². The molecule has 0 bridgehead atoms. The normalized spacial score (nSPS) is 17.0.